The van der Waals surface area contributed by atoms with Gasteiger partial charge in [0, 0.05) is 31.7 Å². The molecule has 7 heteroatoms. The van der Waals surface area contributed by atoms with Crippen LogP contribution in [-0.4, -0.2) is 59.9 Å². The Balaban J connectivity index is 1.89. The molecule has 0 bridgehead atoms. The summed E-state index contributed by atoms with van der Waals surface area (Å²) in [5.41, 5.74) is 0.182. The average molecular weight is 372 g/mol. The number of hydrogen-bond donors (Lipinski definition) is 1. The van der Waals surface area contributed by atoms with Gasteiger partial charge >= 0.3 is 0 Å². The zero-order chi connectivity index (χ0) is 17.9. The van der Waals surface area contributed by atoms with Crippen LogP contribution in [0.15, 0.2) is 18.2 Å². The Hall–Kier alpha value is -1.30. The van der Waals surface area contributed by atoms with Crippen molar-refractivity contribution in [3.63, 3.8) is 0 Å². The summed E-state index contributed by atoms with van der Waals surface area (Å²) in [7, 11) is 0. The molecule has 0 aliphatic carbocycles. The van der Waals surface area contributed by atoms with E-state index >= 15 is 0 Å². The topological polar surface area (TPSA) is 52.7 Å². The molecule has 24 heavy (non-hydrogen) atoms. The second-order valence-electron chi connectivity index (χ2n) is 6.97. The molecular formula is C17H23Cl2N3O2. The molecule has 0 aromatic heterocycles. The van der Waals surface area contributed by atoms with Crippen molar-refractivity contribution >= 4 is 35.0 Å². The Morgan fingerprint density at radius 2 is 1.75 bits per heavy atom. The first-order chi connectivity index (χ1) is 11.2. The first-order valence-corrected chi connectivity index (χ1v) is 8.69. The van der Waals surface area contributed by atoms with E-state index < -0.39 is 0 Å². The summed E-state index contributed by atoms with van der Waals surface area (Å²) in [5, 5.41) is 3.61. The third kappa shape index (κ3) is 5.10. The van der Waals surface area contributed by atoms with Crippen LogP contribution in [-0.2, 0) is 4.79 Å². The largest absolute Gasteiger partial charge is 0.350 e. The fraction of sp³-hybridized carbons (Fsp3) is 0.529. The zero-order valence-corrected chi connectivity index (χ0v) is 15.7. The van der Waals surface area contributed by atoms with E-state index in [0.29, 0.717) is 43.3 Å². The van der Waals surface area contributed by atoms with Gasteiger partial charge in [0.1, 0.15) is 0 Å². The molecule has 132 valence electrons. The van der Waals surface area contributed by atoms with E-state index in [1.807, 2.05) is 25.7 Å². The van der Waals surface area contributed by atoms with E-state index in [1.54, 1.807) is 23.1 Å². The normalized spacial score (nSPS) is 16.1. The second kappa shape index (κ2) is 7.72. The van der Waals surface area contributed by atoms with Crippen LogP contribution in [0.1, 0.15) is 31.1 Å². The van der Waals surface area contributed by atoms with Crippen molar-refractivity contribution < 1.29 is 9.59 Å². The van der Waals surface area contributed by atoms with Gasteiger partial charge in [-0.05, 0) is 32.9 Å². The standard InChI is InChI=1S/C17H23Cl2N3O2/c1-17(2,3)20-14(23)11-21-7-9-22(10-8-21)16(24)12-5-4-6-13(18)15(12)19/h4-6H,7-11H2,1-3H3,(H,20,23). The SMILES string of the molecule is CC(C)(C)NC(=O)CN1CCN(C(=O)c2cccc(Cl)c2Cl)CC1. The first kappa shape index (κ1) is 19.0. The van der Waals surface area contributed by atoms with E-state index in [9.17, 15) is 9.59 Å². The van der Waals surface area contributed by atoms with E-state index in [1.165, 1.54) is 0 Å². The van der Waals surface area contributed by atoms with Gasteiger partial charge in [0.2, 0.25) is 5.91 Å². The lowest BCUT2D eigenvalue weighted by Gasteiger charge is -2.35. The highest BCUT2D eigenvalue weighted by Crippen LogP contribution is 2.26. The summed E-state index contributed by atoms with van der Waals surface area (Å²) in [4.78, 5) is 28.3. The summed E-state index contributed by atoms with van der Waals surface area (Å²) in [6.07, 6.45) is 0. The molecule has 1 N–H and O–H groups in total. The first-order valence-electron chi connectivity index (χ1n) is 7.94. The molecular weight excluding hydrogens is 349 g/mol. The van der Waals surface area contributed by atoms with Crippen molar-refractivity contribution in [2.45, 2.75) is 26.3 Å². The van der Waals surface area contributed by atoms with Crippen molar-refractivity contribution in [3.8, 4) is 0 Å². The molecule has 0 spiro atoms. The van der Waals surface area contributed by atoms with Gasteiger partial charge in [-0.3, -0.25) is 14.5 Å². The fourth-order valence-electron chi connectivity index (χ4n) is 2.61. The van der Waals surface area contributed by atoms with Gasteiger partial charge in [0.25, 0.3) is 5.91 Å². The Morgan fingerprint density at radius 3 is 2.33 bits per heavy atom. The lowest BCUT2D eigenvalue weighted by Crippen LogP contribution is -2.52. The molecule has 0 radical (unpaired) electrons. The number of amides is 2. The maximum atomic E-state index is 12.6. The maximum absolute atomic E-state index is 12.6. The molecule has 5 nitrogen and oxygen atoms in total. The molecule has 2 rings (SSSR count). The van der Waals surface area contributed by atoms with Crippen molar-refractivity contribution in [3.05, 3.63) is 33.8 Å². The number of carbonyl (C=O) groups is 2. The summed E-state index contributed by atoms with van der Waals surface area (Å²) in [6, 6.07) is 5.06. The lowest BCUT2D eigenvalue weighted by atomic mass is 10.1. The van der Waals surface area contributed by atoms with Gasteiger partial charge in [0.15, 0.2) is 0 Å². The van der Waals surface area contributed by atoms with Crippen LogP contribution >= 0.6 is 23.2 Å². The minimum atomic E-state index is -0.238. The zero-order valence-electron chi connectivity index (χ0n) is 14.2. The monoisotopic (exact) mass is 371 g/mol. The number of nitrogens with zero attached hydrogens (tertiary/aromatic N) is 2. The average Bonchev–Trinajstić information content (AvgIpc) is 2.48. The Bertz CT molecular complexity index is 621. The molecule has 1 saturated heterocycles. The molecule has 2 amide bonds. The van der Waals surface area contributed by atoms with Crippen molar-refractivity contribution in [1.82, 2.24) is 15.1 Å². The Morgan fingerprint density at radius 1 is 1.12 bits per heavy atom. The fourth-order valence-corrected chi connectivity index (χ4v) is 2.99. The summed E-state index contributed by atoms with van der Waals surface area (Å²) < 4.78 is 0. The predicted molar refractivity (Wildman–Crippen MR) is 96.7 cm³/mol. The van der Waals surface area contributed by atoms with Crippen LogP contribution in [0.25, 0.3) is 0 Å². The van der Waals surface area contributed by atoms with Gasteiger partial charge in [-0.25, -0.2) is 0 Å². The molecule has 0 unspecified atom stereocenters. The molecule has 1 aliphatic rings. The van der Waals surface area contributed by atoms with E-state index in [-0.39, 0.29) is 22.4 Å². The van der Waals surface area contributed by atoms with E-state index in [2.05, 4.69) is 5.32 Å². The number of halogens is 2. The third-order valence-electron chi connectivity index (χ3n) is 3.72. The van der Waals surface area contributed by atoms with Crippen molar-refractivity contribution in [2.24, 2.45) is 0 Å². The molecule has 1 fully saturated rings. The third-order valence-corrected chi connectivity index (χ3v) is 4.54. The highest BCUT2D eigenvalue weighted by Gasteiger charge is 2.25. The second-order valence-corrected chi connectivity index (χ2v) is 7.75. The summed E-state index contributed by atoms with van der Waals surface area (Å²) in [6.45, 7) is 8.64. The number of carbonyl (C=O) groups excluding carboxylic acids is 2. The van der Waals surface area contributed by atoms with Gasteiger partial charge in [-0.1, -0.05) is 29.3 Å². The number of hydrogen-bond acceptors (Lipinski definition) is 3. The lowest BCUT2D eigenvalue weighted by molar-refractivity contribution is -0.124. The predicted octanol–water partition coefficient (Wildman–Crippen LogP) is 2.67. The number of piperazine rings is 1. The van der Waals surface area contributed by atoms with Crippen LogP contribution in [0.5, 0.6) is 0 Å². The minimum Gasteiger partial charge on any atom is -0.350 e. The van der Waals surface area contributed by atoms with Crippen LogP contribution in [0.2, 0.25) is 10.0 Å². The molecule has 1 aromatic carbocycles. The summed E-state index contributed by atoms with van der Waals surface area (Å²) >= 11 is 12.1. The molecule has 1 heterocycles. The Labute approximate surface area is 152 Å². The van der Waals surface area contributed by atoms with Crippen LogP contribution in [0, 0.1) is 0 Å². The Kier molecular flexibility index (Phi) is 6.12. The van der Waals surface area contributed by atoms with Gasteiger partial charge in [-0.2, -0.15) is 0 Å². The van der Waals surface area contributed by atoms with Gasteiger partial charge < -0.3 is 10.2 Å². The number of rotatable bonds is 3. The summed E-state index contributed by atoms with van der Waals surface area (Å²) in [5.74, 6) is -0.124. The van der Waals surface area contributed by atoms with Crippen LogP contribution < -0.4 is 5.32 Å². The molecule has 1 aromatic rings. The van der Waals surface area contributed by atoms with Crippen molar-refractivity contribution in [1.29, 1.82) is 0 Å². The quantitative estimate of drug-likeness (QED) is 0.888. The number of nitrogens with one attached hydrogen (secondary N) is 1. The van der Waals surface area contributed by atoms with E-state index in [4.69, 9.17) is 23.2 Å². The van der Waals surface area contributed by atoms with Gasteiger partial charge in [-0.15, -0.1) is 0 Å². The van der Waals surface area contributed by atoms with E-state index in [0.717, 1.165) is 0 Å². The smallest absolute Gasteiger partial charge is 0.255 e. The number of benzene rings is 1. The highest BCUT2D eigenvalue weighted by atomic mass is 35.5. The maximum Gasteiger partial charge on any atom is 0.255 e. The molecule has 0 atom stereocenters. The minimum absolute atomic E-state index is 0.000150. The molecule has 0 saturated carbocycles. The van der Waals surface area contributed by atoms with Gasteiger partial charge in [0.05, 0.1) is 22.2 Å². The van der Waals surface area contributed by atoms with Crippen LogP contribution in [0.3, 0.4) is 0 Å². The molecule has 1 aliphatic heterocycles. The highest BCUT2D eigenvalue weighted by molar-refractivity contribution is 6.43. The van der Waals surface area contributed by atoms with Crippen LogP contribution in [0.4, 0.5) is 0 Å². The van der Waals surface area contributed by atoms with Crippen molar-refractivity contribution in [2.75, 3.05) is 32.7 Å².